The van der Waals surface area contributed by atoms with Crippen LogP contribution in [0, 0.1) is 6.92 Å². The van der Waals surface area contributed by atoms with Crippen LogP contribution in [0.25, 0.3) is 17.1 Å². The number of alkyl halides is 3. The van der Waals surface area contributed by atoms with Gasteiger partial charge in [0.15, 0.2) is 5.69 Å². The zero-order chi connectivity index (χ0) is 33.6. The molecule has 1 aliphatic heterocycles. The highest BCUT2D eigenvalue weighted by atomic mass is 35.5. The summed E-state index contributed by atoms with van der Waals surface area (Å²) < 4.78 is 99.7. The van der Waals surface area contributed by atoms with E-state index >= 15 is 0 Å². The zero-order valence-corrected chi connectivity index (χ0v) is 26.7. The molecule has 3 aromatic rings. The molecule has 45 heavy (non-hydrogen) atoms. The van der Waals surface area contributed by atoms with E-state index in [2.05, 4.69) is 10.4 Å². The topological polar surface area (TPSA) is 168 Å². The van der Waals surface area contributed by atoms with Gasteiger partial charge >= 0.3 is 26.7 Å². The summed E-state index contributed by atoms with van der Waals surface area (Å²) >= 11 is 12.6. The molecule has 0 atom stereocenters. The van der Waals surface area contributed by atoms with Gasteiger partial charge in [0.25, 0.3) is 5.91 Å². The van der Waals surface area contributed by atoms with Crippen molar-refractivity contribution < 1.29 is 48.1 Å². The molecular weight excluding hydrogens is 688 g/mol. The van der Waals surface area contributed by atoms with Crippen molar-refractivity contribution in [1.82, 2.24) is 20.0 Å². The monoisotopic (exact) mass is 716 g/mol. The molecule has 0 saturated carbocycles. The summed E-state index contributed by atoms with van der Waals surface area (Å²) in [5.41, 5.74) is 4.63. The Bertz CT molecular complexity index is 1700. The molecule has 4 rings (SSSR count). The highest BCUT2D eigenvalue weighted by Gasteiger charge is 2.28. The molecule has 0 spiro atoms. The van der Waals surface area contributed by atoms with Crippen molar-refractivity contribution in [3.8, 4) is 22.8 Å². The van der Waals surface area contributed by atoms with E-state index in [0.29, 0.717) is 32.8 Å². The van der Waals surface area contributed by atoms with E-state index in [0.717, 1.165) is 32.4 Å². The van der Waals surface area contributed by atoms with Crippen molar-refractivity contribution in [2.24, 2.45) is 0 Å². The van der Waals surface area contributed by atoms with Gasteiger partial charge in [0, 0.05) is 35.8 Å². The number of piperidine rings is 1. The summed E-state index contributed by atoms with van der Waals surface area (Å²) in [6.45, 7) is 3.20. The Morgan fingerprint density at radius 2 is 1.62 bits per heavy atom. The number of rotatable bonds is 9. The van der Waals surface area contributed by atoms with Gasteiger partial charge in [-0.15, -0.1) is 0 Å². The summed E-state index contributed by atoms with van der Waals surface area (Å²) in [6, 6.07) is 10.7. The Hall–Kier alpha value is -2.93. The minimum absolute atomic E-state index is 0.0670. The predicted octanol–water partition coefficient (Wildman–Crippen LogP) is 5.68. The van der Waals surface area contributed by atoms with Gasteiger partial charge in [-0.2, -0.15) is 30.0 Å². The van der Waals surface area contributed by atoms with Crippen LogP contribution in [-0.4, -0.2) is 71.4 Å². The fourth-order valence-corrected chi connectivity index (χ4v) is 5.85. The molecule has 0 bridgehead atoms. The van der Waals surface area contributed by atoms with E-state index in [1.165, 1.54) is 12.1 Å². The fourth-order valence-electron chi connectivity index (χ4n) is 4.37. The van der Waals surface area contributed by atoms with Gasteiger partial charge in [-0.1, -0.05) is 29.6 Å². The van der Waals surface area contributed by atoms with Crippen LogP contribution in [0.2, 0.25) is 10.0 Å². The Labute approximate surface area is 267 Å². The number of aromatic nitrogens is 2. The standard InChI is InChI=1S/C26H27Cl2F3N4O4S.H2O4S/c1-17-23(25(36)33-34-13-3-2-4-14-34)32-24(21-11-6-18(27)16-22(21)28)35(17)19-7-9-20(10-8-19)39-40(37,38)15-5-12-26(29,30)31;1-5(2,3)4/h6-11,16H,2-5,12-15H2,1H3,(H,33,36);(H2,1,2,3,4). The van der Waals surface area contributed by atoms with Gasteiger partial charge in [0.2, 0.25) is 0 Å². The number of carbonyl (C=O) groups excluding carboxylic acids is 1. The van der Waals surface area contributed by atoms with Gasteiger partial charge in [-0.25, -0.2) is 9.99 Å². The summed E-state index contributed by atoms with van der Waals surface area (Å²) in [6.07, 6.45) is -3.22. The van der Waals surface area contributed by atoms with E-state index in [4.69, 9.17) is 44.9 Å². The second-order valence-electron chi connectivity index (χ2n) is 9.82. The number of hydrogen-bond acceptors (Lipinski definition) is 8. The number of carbonyl (C=O) groups is 1. The second kappa shape index (κ2) is 15.1. The van der Waals surface area contributed by atoms with Crippen LogP contribution in [0.5, 0.6) is 5.75 Å². The summed E-state index contributed by atoms with van der Waals surface area (Å²) in [5, 5.41) is 2.59. The number of hydrazine groups is 1. The van der Waals surface area contributed by atoms with E-state index in [1.807, 2.05) is 5.01 Å². The summed E-state index contributed by atoms with van der Waals surface area (Å²) in [5.74, 6) is -0.864. The molecule has 0 radical (unpaired) electrons. The lowest BCUT2D eigenvalue weighted by Crippen LogP contribution is -2.45. The average molecular weight is 718 g/mol. The first-order valence-corrected chi connectivity index (χ1v) is 17.0. The first kappa shape index (κ1) is 36.5. The number of halogens is 5. The van der Waals surface area contributed by atoms with Gasteiger partial charge in [-0.3, -0.25) is 23.9 Å². The molecule has 0 aliphatic carbocycles. The normalized spacial score (nSPS) is 14.4. The van der Waals surface area contributed by atoms with Crippen LogP contribution in [0.4, 0.5) is 13.2 Å². The van der Waals surface area contributed by atoms with Crippen molar-refractivity contribution in [3.05, 3.63) is 63.9 Å². The van der Waals surface area contributed by atoms with E-state index in [1.54, 1.807) is 41.8 Å². The highest BCUT2D eigenvalue weighted by molar-refractivity contribution is 7.87. The molecule has 1 aliphatic rings. The molecule has 1 aromatic heterocycles. The van der Waals surface area contributed by atoms with Crippen LogP contribution in [-0.2, 0) is 20.5 Å². The molecule has 0 unspecified atom stereocenters. The van der Waals surface area contributed by atoms with E-state index in [9.17, 15) is 26.4 Å². The van der Waals surface area contributed by atoms with Crippen LogP contribution < -0.4 is 9.61 Å². The lowest BCUT2D eigenvalue weighted by molar-refractivity contribution is -0.134. The summed E-state index contributed by atoms with van der Waals surface area (Å²) in [7, 11) is -8.90. The van der Waals surface area contributed by atoms with Crippen molar-refractivity contribution in [3.63, 3.8) is 0 Å². The molecule has 1 fully saturated rings. The summed E-state index contributed by atoms with van der Waals surface area (Å²) in [4.78, 5) is 17.8. The molecule has 3 N–H and O–H groups in total. The number of imidazole rings is 1. The largest absolute Gasteiger partial charge is 0.394 e. The van der Waals surface area contributed by atoms with Crippen LogP contribution in [0.15, 0.2) is 42.5 Å². The molecular formula is C26H29Cl2F3N4O8S2. The lowest BCUT2D eigenvalue weighted by atomic mass is 10.2. The number of benzene rings is 2. The Morgan fingerprint density at radius 3 is 2.18 bits per heavy atom. The van der Waals surface area contributed by atoms with Crippen LogP contribution in [0.1, 0.15) is 48.3 Å². The molecule has 248 valence electrons. The van der Waals surface area contributed by atoms with Crippen molar-refractivity contribution >= 4 is 49.6 Å². The molecule has 19 heteroatoms. The van der Waals surface area contributed by atoms with Crippen molar-refractivity contribution in [1.29, 1.82) is 0 Å². The number of nitrogens with one attached hydrogen (secondary N) is 1. The van der Waals surface area contributed by atoms with Gasteiger partial charge < -0.3 is 4.18 Å². The zero-order valence-electron chi connectivity index (χ0n) is 23.6. The maximum absolute atomic E-state index is 13.2. The number of amides is 1. The smallest absolute Gasteiger partial charge is 0.382 e. The third-order valence-corrected chi connectivity index (χ3v) is 8.07. The Morgan fingerprint density at radius 1 is 1.02 bits per heavy atom. The van der Waals surface area contributed by atoms with Crippen LogP contribution >= 0.6 is 23.2 Å². The molecule has 1 saturated heterocycles. The maximum atomic E-state index is 13.2. The third kappa shape index (κ3) is 11.7. The Kier molecular flexibility index (Phi) is 12.3. The molecule has 1 amide bonds. The molecule has 2 heterocycles. The number of hydrogen-bond donors (Lipinski definition) is 3. The average Bonchev–Trinajstić information content (AvgIpc) is 3.24. The minimum Gasteiger partial charge on any atom is -0.382 e. The van der Waals surface area contributed by atoms with E-state index < -0.39 is 45.3 Å². The van der Waals surface area contributed by atoms with E-state index in [-0.39, 0.29) is 17.4 Å². The Balaban J connectivity index is 0.00000102. The quantitative estimate of drug-likeness (QED) is 0.185. The second-order valence-corrected chi connectivity index (χ2v) is 13.3. The molecule has 2 aromatic carbocycles. The van der Waals surface area contributed by atoms with Crippen molar-refractivity contribution in [2.45, 2.75) is 45.2 Å². The van der Waals surface area contributed by atoms with Crippen molar-refractivity contribution in [2.75, 3.05) is 18.8 Å². The first-order chi connectivity index (χ1) is 20.8. The molecule has 12 nitrogen and oxygen atoms in total. The predicted molar refractivity (Wildman–Crippen MR) is 161 cm³/mol. The maximum Gasteiger partial charge on any atom is 0.394 e. The first-order valence-electron chi connectivity index (χ1n) is 13.2. The van der Waals surface area contributed by atoms with Gasteiger partial charge in [0.1, 0.15) is 11.6 Å². The lowest BCUT2D eigenvalue weighted by Gasteiger charge is -2.26. The van der Waals surface area contributed by atoms with Crippen LogP contribution in [0.3, 0.4) is 0 Å². The van der Waals surface area contributed by atoms with Gasteiger partial charge in [-0.05, 0) is 68.7 Å². The highest BCUT2D eigenvalue weighted by Crippen LogP contribution is 2.34. The SMILES string of the molecule is Cc1c(C(=O)NN2CCCCC2)nc(-c2ccc(Cl)cc2Cl)n1-c1ccc(OS(=O)(=O)CCCC(F)(F)F)cc1.O=S(=O)(O)O. The number of nitrogens with zero attached hydrogens (tertiary/aromatic N) is 3. The fraction of sp³-hybridized carbons (Fsp3) is 0.385. The van der Waals surface area contributed by atoms with Gasteiger partial charge in [0.05, 0.1) is 16.5 Å². The minimum atomic E-state index is -4.67. The third-order valence-electron chi connectivity index (χ3n) is 6.28.